The number of allylic oxidation sites excluding steroid dienone is 3. The van der Waals surface area contributed by atoms with Crippen LogP contribution in [0, 0.1) is 23.2 Å². The van der Waals surface area contributed by atoms with Crippen LogP contribution in [0.25, 0.3) is 0 Å². The highest BCUT2D eigenvalue weighted by molar-refractivity contribution is 5.69. The molecule has 2 aliphatic rings. The van der Waals surface area contributed by atoms with E-state index in [1.807, 2.05) is 6.92 Å². The molecule has 2 rings (SSSR count). The SMILES string of the molecule is CCCCC(C)([C@H](O)C=C[C@@H]1[C@H]2[C@H](F)C(=CCCCC(=O)OC)O[C@@H]2C[C@H]1C)C(F)(F)F. The molecule has 0 spiro atoms. The lowest BCUT2D eigenvalue weighted by atomic mass is 9.77. The van der Waals surface area contributed by atoms with Gasteiger partial charge in [-0.1, -0.05) is 38.8 Å². The van der Waals surface area contributed by atoms with Crippen molar-refractivity contribution in [1.82, 2.24) is 0 Å². The summed E-state index contributed by atoms with van der Waals surface area (Å²) in [6, 6.07) is 0. The van der Waals surface area contributed by atoms with Crippen molar-refractivity contribution >= 4 is 5.97 Å². The summed E-state index contributed by atoms with van der Waals surface area (Å²) in [5.41, 5.74) is -2.24. The van der Waals surface area contributed by atoms with Crippen LogP contribution in [0.15, 0.2) is 24.0 Å². The van der Waals surface area contributed by atoms with Crippen LogP contribution in [-0.4, -0.2) is 42.7 Å². The van der Waals surface area contributed by atoms with Gasteiger partial charge in [0.1, 0.15) is 11.9 Å². The van der Waals surface area contributed by atoms with Crippen molar-refractivity contribution in [2.24, 2.45) is 23.2 Å². The zero-order chi connectivity index (χ0) is 24.1. The molecule has 0 aromatic heterocycles. The average molecular weight is 465 g/mol. The maximum atomic E-state index is 15.2. The highest BCUT2D eigenvalue weighted by Gasteiger charge is 2.55. The van der Waals surface area contributed by atoms with E-state index in [4.69, 9.17) is 4.74 Å². The number of hydrogen-bond donors (Lipinski definition) is 1. The first-order chi connectivity index (χ1) is 15.0. The molecule has 1 saturated carbocycles. The Hall–Kier alpha value is -1.57. The predicted octanol–water partition coefficient (Wildman–Crippen LogP) is 5.90. The van der Waals surface area contributed by atoms with Crippen LogP contribution in [0.2, 0.25) is 0 Å². The number of carbonyl (C=O) groups excluding carboxylic acids is 1. The first-order valence-corrected chi connectivity index (χ1v) is 11.5. The van der Waals surface area contributed by atoms with Crippen LogP contribution in [0.1, 0.15) is 65.7 Å². The summed E-state index contributed by atoms with van der Waals surface area (Å²) in [6.07, 6.45) is -0.916. The number of aliphatic hydroxyl groups is 1. The van der Waals surface area contributed by atoms with E-state index in [-0.39, 0.29) is 42.5 Å². The van der Waals surface area contributed by atoms with Gasteiger partial charge < -0.3 is 14.6 Å². The van der Waals surface area contributed by atoms with Crippen molar-refractivity contribution in [1.29, 1.82) is 0 Å². The van der Waals surface area contributed by atoms with Crippen LogP contribution in [0.4, 0.5) is 17.6 Å². The minimum atomic E-state index is -4.55. The molecule has 1 heterocycles. The number of ether oxygens (including phenoxy) is 2. The Morgan fingerprint density at radius 3 is 2.62 bits per heavy atom. The van der Waals surface area contributed by atoms with E-state index in [9.17, 15) is 23.1 Å². The number of hydrogen-bond acceptors (Lipinski definition) is 4. The number of fused-ring (bicyclic) bond motifs is 1. The lowest BCUT2D eigenvalue weighted by Crippen LogP contribution is -2.44. The van der Waals surface area contributed by atoms with E-state index in [1.165, 1.54) is 13.2 Å². The number of carbonyl (C=O) groups is 1. The number of halogens is 4. The summed E-state index contributed by atoms with van der Waals surface area (Å²) in [6.45, 7) is 4.78. The fourth-order valence-electron chi connectivity index (χ4n) is 4.77. The van der Waals surface area contributed by atoms with Gasteiger partial charge in [-0.3, -0.25) is 4.79 Å². The zero-order valence-electron chi connectivity index (χ0n) is 19.3. The molecular weight excluding hydrogens is 428 g/mol. The molecule has 1 N–H and O–H groups in total. The largest absolute Gasteiger partial charge is 0.492 e. The lowest BCUT2D eigenvalue weighted by molar-refractivity contribution is -0.244. The van der Waals surface area contributed by atoms with Gasteiger partial charge in [0.15, 0.2) is 6.17 Å². The molecule has 184 valence electrons. The molecule has 7 atom stereocenters. The van der Waals surface area contributed by atoms with Crippen LogP contribution < -0.4 is 0 Å². The van der Waals surface area contributed by atoms with Crippen LogP contribution in [-0.2, 0) is 14.3 Å². The second-order valence-corrected chi connectivity index (χ2v) is 9.35. The van der Waals surface area contributed by atoms with Gasteiger partial charge in [0, 0.05) is 12.3 Å². The third-order valence-electron chi connectivity index (χ3n) is 7.06. The molecule has 1 aliphatic heterocycles. The van der Waals surface area contributed by atoms with E-state index in [0.29, 0.717) is 32.1 Å². The molecule has 0 aromatic rings. The van der Waals surface area contributed by atoms with E-state index in [0.717, 1.165) is 6.92 Å². The summed E-state index contributed by atoms with van der Waals surface area (Å²) >= 11 is 0. The third-order valence-corrected chi connectivity index (χ3v) is 7.06. The third kappa shape index (κ3) is 5.86. The fourth-order valence-corrected chi connectivity index (χ4v) is 4.77. The summed E-state index contributed by atoms with van der Waals surface area (Å²) in [5, 5.41) is 10.5. The summed E-state index contributed by atoms with van der Waals surface area (Å²) in [5.74, 6) is -0.881. The van der Waals surface area contributed by atoms with Gasteiger partial charge in [0.05, 0.1) is 18.6 Å². The molecule has 4 nitrogen and oxygen atoms in total. The molecule has 1 unspecified atom stereocenters. The van der Waals surface area contributed by atoms with Crippen molar-refractivity contribution < 1.29 is 36.9 Å². The lowest BCUT2D eigenvalue weighted by Gasteiger charge is -2.35. The molecule has 0 amide bonds. The van der Waals surface area contributed by atoms with E-state index >= 15 is 4.39 Å². The highest BCUT2D eigenvalue weighted by atomic mass is 19.4. The number of rotatable bonds is 10. The van der Waals surface area contributed by atoms with Gasteiger partial charge in [-0.05, 0) is 50.5 Å². The first kappa shape index (κ1) is 26.7. The second-order valence-electron chi connectivity index (χ2n) is 9.35. The Bertz CT molecular complexity index is 690. The summed E-state index contributed by atoms with van der Waals surface area (Å²) < 4.78 is 66.6. The monoisotopic (exact) mass is 464 g/mol. The Labute approximate surface area is 188 Å². The maximum absolute atomic E-state index is 15.2. The molecule has 0 aromatic carbocycles. The number of esters is 1. The van der Waals surface area contributed by atoms with Gasteiger partial charge in [0.2, 0.25) is 0 Å². The van der Waals surface area contributed by atoms with Crippen LogP contribution in [0.5, 0.6) is 0 Å². The number of methoxy groups -OCH3 is 1. The van der Waals surface area contributed by atoms with Crippen molar-refractivity contribution in [2.45, 2.75) is 90.3 Å². The Kier molecular flexibility index (Phi) is 9.20. The van der Waals surface area contributed by atoms with Crippen LogP contribution in [0.3, 0.4) is 0 Å². The number of aliphatic hydroxyl groups excluding tert-OH is 1. The standard InChI is InChI=1S/C24H36F4O4/c1-5-6-13-23(3,24(26,27)28)19(29)12-11-16-15(2)14-18-21(16)22(25)17(32-18)9-7-8-10-20(30)31-4/h9,11-12,15-16,18-19,21-22,29H,5-8,10,13-14H2,1-4H3/t15-,16+,18-,19-,21-,22-,23?/m1/s1. The minimum absolute atomic E-state index is 0.0281. The fraction of sp³-hybridized carbons (Fsp3) is 0.792. The minimum Gasteiger partial charge on any atom is -0.492 e. The molecular formula is C24H36F4O4. The zero-order valence-corrected chi connectivity index (χ0v) is 19.3. The van der Waals surface area contributed by atoms with Gasteiger partial charge >= 0.3 is 12.1 Å². The first-order valence-electron chi connectivity index (χ1n) is 11.5. The van der Waals surface area contributed by atoms with Gasteiger partial charge in [-0.2, -0.15) is 13.2 Å². The summed E-state index contributed by atoms with van der Waals surface area (Å²) in [4.78, 5) is 11.2. The van der Waals surface area contributed by atoms with Crippen molar-refractivity contribution in [2.75, 3.05) is 7.11 Å². The predicted molar refractivity (Wildman–Crippen MR) is 113 cm³/mol. The number of alkyl halides is 4. The molecule has 1 saturated heterocycles. The molecule has 0 radical (unpaired) electrons. The van der Waals surface area contributed by atoms with Gasteiger partial charge in [0.25, 0.3) is 0 Å². The smallest absolute Gasteiger partial charge is 0.397 e. The normalized spacial score (nSPS) is 32.0. The number of unbranched alkanes of at least 4 members (excludes halogenated alkanes) is 2. The quantitative estimate of drug-likeness (QED) is 0.189. The molecule has 32 heavy (non-hydrogen) atoms. The van der Waals surface area contributed by atoms with E-state index in [1.54, 1.807) is 19.1 Å². The Morgan fingerprint density at radius 1 is 1.34 bits per heavy atom. The molecule has 0 bridgehead atoms. The molecule has 2 fully saturated rings. The Balaban J connectivity index is 2.08. The van der Waals surface area contributed by atoms with Gasteiger partial charge in [-0.15, -0.1) is 0 Å². The van der Waals surface area contributed by atoms with E-state index in [2.05, 4.69) is 4.74 Å². The summed E-state index contributed by atoms with van der Waals surface area (Å²) in [7, 11) is 1.31. The molecule has 8 heteroatoms. The second kappa shape index (κ2) is 11.0. The van der Waals surface area contributed by atoms with Crippen molar-refractivity contribution in [3.8, 4) is 0 Å². The van der Waals surface area contributed by atoms with Crippen molar-refractivity contribution in [3.63, 3.8) is 0 Å². The van der Waals surface area contributed by atoms with E-state index < -0.39 is 29.8 Å². The van der Waals surface area contributed by atoms with Crippen LogP contribution >= 0.6 is 0 Å². The molecule has 1 aliphatic carbocycles. The topological polar surface area (TPSA) is 55.8 Å². The van der Waals surface area contributed by atoms with Crippen molar-refractivity contribution in [3.05, 3.63) is 24.0 Å². The maximum Gasteiger partial charge on any atom is 0.397 e. The van der Waals surface area contributed by atoms with Gasteiger partial charge in [-0.25, -0.2) is 4.39 Å². The Morgan fingerprint density at radius 2 is 2.03 bits per heavy atom. The average Bonchev–Trinajstić information content (AvgIpc) is 3.20. The highest BCUT2D eigenvalue weighted by Crippen LogP contribution is 2.50.